The third-order valence-corrected chi connectivity index (χ3v) is 3.08. The van der Waals surface area contributed by atoms with E-state index in [1.807, 2.05) is 0 Å². The maximum absolute atomic E-state index is 11.9. The molecule has 92 valence electrons. The van der Waals surface area contributed by atoms with Crippen molar-refractivity contribution in [3.63, 3.8) is 0 Å². The van der Waals surface area contributed by atoms with Gasteiger partial charge in [0.2, 0.25) is 0 Å². The Morgan fingerprint density at radius 1 is 1.41 bits per heavy atom. The number of aliphatic hydroxyl groups is 1. The first kappa shape index (κ1) is 11.9. The van der Waals surface area contributed by atoms with Gasteiger partial charge in [-0.2, -0.15) is 0 Å². The van der Waals surface area contributed by atoms with E-state index < -0.39 is 0 Å². The van der Waals surface area contributed by atoms with Crippen molar-refractivity contribution in [3.05, 3.63) is 23.9 Å². The van der Waals surface area contributed by atoms with Gasteiger partial charge in [0.1, 0.15) is 5.82 Å². The molecule has 5 heteroatoms. The van der Waals surface area contributed by atoms with Crippen LogP contribution < -0.4 is 11.1 Å². The van der Waals surface area contributed by atoms with Crippen molar-refractivity contribution in [2.24, 2.45) is 0 Å². The zero-order valence-electron chi connectivity index (χ0n) is 9.60. The summed E-state index contributed by atoms with van der Waals surface area (Å²) in [5, 5.41) is 12.3. The van der Waals surface area contributed by atoms with E-state index in [1.54, 1.807) is 12.1 Å². The molecule has 0 spiro atoms. The molecule has 1 aromatic heterocycles. The standard InChI is InChI=1S/C12H17N3O2/c13-11-7-8(5-6-14-11)12(17)15-9-1-3-10(16)4-2-9/h5-7,9-10,16H,1-4H2,(H2,13,14)(H,15,17). The van der Waals surface area contributed by atoms with Gasteiger partial charge >= 0.3 is 0 Å². The van der Waals surface area contributed by atoms with Gasteiger partial charge in [0, 0.05) is 17.8 Å². The monoisotopic (exact) mass is 235 g/mol. The molecule has 1 saturated carbocycles. The number of hydrogen-bond donors (Lipinski definition) is 3. The minimum absolute atomic E-state index is 0.125. The summed E-state index contributed by atoms with van der Waals surface area (Å²) >= 11 is 0. The third kappa shape index (κ3) is 3.17. The number of rotatable bonds is 2. The predicted molar refractivity (Wildman–Crippen MR) is 64.4 cm³/mol. The summed E-state index contributed by atoms with van der Waals surface area (Å²) in [6.07, 6.45) is 4.47. The number of nitrogens with zero attached hydrogens (tertiary/aromatic N) is 1. The smallest absolute Gasteiger partial charge is 0.251 e. The lowest BCUT2D eigenvalue weighted by Crippen LogP contribution is -2.38. The van der Waals surface area contributed by atoms with Gasteiger partial charge in [-0.05, 0) is 37.8 Å². The number of aromatic nitrogens is 1. The van der Waals surface area contributed by atoms with Crippen LogP contribution in [0.25, 0.3) is 0 Å². The van der Waals surface area contributed by atoms with Gasteiger partial charge in [-0.15, -0.1) is 0 Å². The highest BCUT2D eigenvalue weighted by Crippen LogP contribution is 2.18. The molecule has 5 nitrogen and oxygen atoms in total. The molecule has 17 heavy (non-hydrogen) atoms. The van der Waals surface area contributed by atoms with Gasteiger partial charge in [-0.25, -0.2) is 4.98 Å². The molecule has 1 heterocycles. The highest BCUT2D eigenvalue weighted by atomic mass is 16.3. The highest BCUT2D eigenvalue weighted by molar-refractivity contribution is 5.94. The first-order valence-electron chi connectivity index (χ1n) is 5.85. The second kappa shape index (κ2) is 5.14. The molecule has 0 unspecified atom stereocenters. The van der Waals surface area contributed by atoms with Crippen LogP contribution in [-0.4, -0.2) is 28.1 Å². The maximum atomic E-state index is 11.9. The van der Waals surface area contributed by atoms with Gasteiger partial charge in [0.25, 0.3) is 5.91 Å². The summed E-state index contributed by atoms with van der Waals surface area (Å²) in [7, 11) is 0. The second-order valence-electron chi connectivity index (χ2n) is 4.45. The van der Waals surface area contributed by atoms with Gasteiger partial charge in [-0.1, -0.05) is 0 Å². The Kier molecular flexibility index (Phi) is 3.58. The summed E-state index contributed by atoms with van der Waals surface area (Å²) in [4.78, 5) is 15.7. The van der Waals surface area contributed by atoms with Crippen LogP contribution >= 0.6 is 0 Å². The molecule has 1 amide bonds. The van der Waals surface area contributed by atoms with Crippen LogP contribution in [0.1, 0.15) is 36.0 Å². The first-order chi connectivity index (χ1) is 8.15. The molecule has 0 aliphatic heterocycles. The first-order valence-corrected chi connectivity index (χ1v) is 5.85. The number of nitrogens with one attached hydrogen (secondary N) is 1. The molecule has 1 aromatic rings. The third-order valence-electron chi connectivity index (χ3n) is 3.08. The van der Waals surface area contributed by atoms with Gasteiger partial charge in [-0.3, -0.25) is 4.79 Å². The van der Waals surface area contributed by atoms with Crippen LogP contribution in [0, 0.1) is 0 Å². The predicted octanol–water partition coefficient (Wildman–Crippen LogP) is 0.697. The number of aliphatic hydroxyl groups excluding tert-OH is 1. The second-order valence-corrected chi connectivity index (χ2v) is 4.45. The van der Waals surface area contributed by atoms with E-state index in [0.29, 0.717) is 11.4 Å². The van der Waals surface area contributed by atoms with Crippen molar-refractivity contribution in [1.29, 1.82) is 0 Å². The van der Waals surface area contributed by atoms with Crippen molar-refractivity contribution in [3.8, 4) is 0 Å². The van der Waals surface area contributed by atoms with Gasteiger partial charge < -0.3 is 16.2 Å². The average Bonchev–Trinajstić information content (AvgIpc) is 2.32. The topological polar surface area (TPSA) is 88.2 Å². The van der Waals surface area contributed by atoms with E-state index in [-0.39, 0.29) is 18.1 Å². The number of carbonyl (C=O) groups excluding carboxylic acids is 1. The Balaban J connectivity index is 1.93. The van der Waals surface area contributed by atoms with Crippen LogP contribution in [0.5, 0.6) is 0 Å². The lowest BCUT2D eigenvalue weighted by atomic mass is 9.93. The van der Waals surface area contributed by atoms with Crippen LogP contribution in [0.3, 0.4) is 0 Å². The fraction of sp³-hybridized carbons (Fsp3) is 0.500. The Bertz CT molecular complexity index is 400. The number of pyridine rings is 1. The van der Waals surface area contributed by atoms with Crippen molar-refractivity contribution in [2.45, 2.75) is 37.8 Å². The van der Waals surface area contributed by atoms with E-state index in [2.05, 4.69) is 10.3 Å². The Labute approximate surface area is 100 Å². The lowest BCUT2D eigenvalue weighted by Gasteiger charge is -2.26. The van der Waals surface area contributed by atoms with Gasteiger partial charge in [0.15, 0.2) is 0 Å². The molecule has 0 bridgehead atoms. The van der Waals surface area contributed by atoms with Crippen LogP contribution in [0.15, 0.2) is 18.3 Å². The van der Waals surface area contributed by atoms with Crippen molar-refractivity contribution >= 4 is 11.7 Å². The molecule has 0 atom stereocenters. The molecule has 0 radical (unpaired) electrons. The van der Waals surface area contributed by atoms with Crippen LogP contribution in [0.2, 0.25) is 0 Å². The van der Waals surface area contributed by atoms with Crippen LogP contribution in [-0.2, 0) is 0 Å². The summed E-state index contributed by atoms with van der Waals surface area (Å²) in [5.41, 5.74) is 6.05. The molecule has 0 saturated heterocycles. The number of anilines is 1. The van der Waals surface area contributed by atoms with Crippen molar-refractivity contribution < 1.29 is 9.90 Å². The Morgan fingerprint density at radius 3 is 2.76 bits per heavy atom. The van der Waals surface area contributed by atoms with E-state index in [0.717, 1.165) is 25.7 Å². The zero-order chi connectivity index (χ0) is 12.3. The molecule has 2 rings (SSSR count). The number of hydrogen-bond acceptors (Lipinski definition) is 4. The number of nitrogens with two attached hydrogens (primary N) is 1. The largest absolute Gasteiger partial charge is 0.393 e. The average molecular weight is 235 g/mol. The molecule has 0 aromatic carbocycles. The minimum Gasteiger partial charge on any atom is -0.393 e. The summed E-state index contributed by atoms with van der Waals surface area (Å²) in [6, 6.07) is 3.36. The molecular weight excluding hydrogens is 218 g/mol. The quantitative estimate of drug-likeness (QED) is 0.704. The number of nitrogen functional groups attached to an aromatic ring is 1. The molecule has 1 aliphatic rings. The Morgan fingerprint density at radius 2 is 2.12 bits per heavy atom. The molecule has 1 fully saturated rings. The minimum atomic E-state index is -0.209. The summed E-state index contributed by atoms with van der Waals surface area (Å²) in [6.45, 7) is 0. The number of amides is 1. The maximum Gasteiger partial charge on any atom is 0.251 e. The lowest BCUT2D eigenvalue weighted by molar-refractivity contribution is 0.0867. The Hall–Kier alpha value is -1.62. The fourth-order valence-corrected chi connectivity index (χ4v) is 2.08. The van der Waals surface area contributed by atoms with E-state index in [9.17, 15) is 9.90 Å². The molecular formula is C12H17N3O2. The van der Waals surface area contributed by atoms with Crippen molar-refractivity contribution in [1.82, 2.24) is 10.3 Å². The van der Waals surface area contributed by atoms with Gasteiger partial charge in [0.05, 0.1) is 6.10 Å². The van der Waals surface area contributed by atoms with E-state index in [1.165, 1.54) is 6.20 Å². The summed E-state index contributed by atoms with van der Waals surface area (Å²) < 4.78 is 0. The highest BCUT2D eigenvalue weighted by Gasteiger charge is 2.21. The SMILES string of the molecule is Nc1cc(C(=O)NC2CCC(O)CC2)ccn1. The van der Waals surface area contributed by atoms with Crippen molar-refractivity contribution in [2.75, 3.05) is 5.73 Å². The number of carbonyl (C=O) groups is 1. The van der Waals surface area contributed by atoms with E-state index in [4.69, 9.17) is 5.73 Å². The normalized spacial score (nSPS) is 24.3. The van der Waals surface area contributed by atoms with E-state index >= 15 is 0 Å². The molecule has 1 aliphatic carbocycles. The fourth-order valence-electron chi connectivity index (χ4n) is 2.08. The summed E-state index contributed by atoms with van der Waals surface area (Å²) in [5.74, 6) is 0.220. The zero-order valence-corrected chi connectivity index (χ0v) is 9.60. The van der Waals surface area contributed by atoms with Crippen LogP contribution in [0.4, 0.5) is 5.82 Å². The molecule has 4 N–H and O–H groups in total.